The van der Waals surface area contributed by atoms with Gasteiger partial charge in [-0.2, -0.15) is 10.4 Å². The highest BCUT2D eigenvalue weighted by Gasteiger charge is 2.33. The number of hydrogen-bond acceptors (Lipinski definition) is 7. The van der Waals surface area contributed by atoms with Gasteiger partial charge in [-0.1, -0.05) is 0 Å². The molecule has 2 aliphatic heterocycles. The minimum absolute atomic E-state index is 0.0359. The van der Waals surface area contributed by atoms with Crippen LogP contribution >= 0.6 is 0 Å². The van der Waals surface area contributed by atoms with Crippen molar-refractivity contribution < 1.29 is 8.42 Å². The van der Waals surface area contributed by atoms with Crippen molar-refractivity contribution in [2.45, 2.75) is 18.5 Å². The Morgan fingerprint density at radius 2 is 2.25 bits per heavy atom. The van der Waals surface area contributed by atoms with Gasteiger partial charge in [-0.05, 0) is 6.42 Å². The highest BCUT2D eigenvalue weighted by atomic mass is 32.2. The monoisotopic (exact) mass is 296 g/mol. The normalized spacial score (nSPS) is 25.1. The molecule has 0 radical (unpaired) electrons. The van der Waals surface area contributed by atoms with Crippen LogP contribution in [0.3, 0.4) is 0 Å². The summed E-state index contributed by atoms with van der Waals surface area (Å²) in [5.74, 6) is 0.868. The summed E-state index contributed by atoms with van der Waals surface area (Å²) in [5, 5.41) is 19.8. The molecule has 1 aromatic rings. The average Bonchev–Trinajstić information content (AvgIpc) is 2.84. The van der Waals surface area contributed by atoms with Gasteiger partial charge in [0.25, 0.3) is 0 Å². The lowest BCUT2D eigenvalue weighted by molar-refractivity contribution is 0.467. The van der Waals surface area contributed by atoms with Crippen molar-refractivity contribution in [2.24, 2.45) is 0 Å². The standard InChI is InChI=1S/C11H16N6O2S/c12-3-9-10(13)17(8-1-2-20(18,19)6-8)16-11(9)15-7-4-14-5-7/h7-8,14H,1-2,4-6,13H2,(H,15,16). The summed E-state index contributed by atoms with van der Waals surface area (Å²) in [6.45, 7) is 1.63. The van der Waals surface area contributed by atoms with Crippen LogP contribution < -0.4 is 16.4 Å². The molecular formula is C11H16N6O2S. The Bertz CT molecular complexity index is 670. The fourth-order valence-electron chi connectivity index (χ4n) is 2.49. The number of hydrogen-bond donors (Lipinski definition) is 3. The van der Waals surface area contributed by atoms with Crippen LogP contribution in [0.2, 0.25) is 0 Å². The summed E-state index contributed by atoms with van der Waals surface area (Å²) in [6.07, 6.45) is 0.490. The molecule has 9 heteroatoms. The Morgan fingerprint density at radius 1 is 1.50 bits per heavy atom. The number of nitriles is 1. The highest BCUT2D eigenvalue weighted by Crippen LogP contribution is 2.30. The van der Waals surface area contributed by atoms with Gasteiger partial charge in [-0.15, -0.1) is 0 Å². The number of nitrogens with two attached hydrogens (primary N) is 1. The van der Waals surface area contributed by atoms with E-state index in [1.807, 2.05) is 6.07 Å². The molecular weight excluding hydrogens is 280 g/mol. The van der Waals surface area contributed by atoms with Crippen molar-refractivity contribution in [2.75, 3.05) is 35.6 Å². The van der Waals surface area contributed by atoms with Gasteiger partial charge in [0, 0.05) is 13.1 Å². The third-order valence-corrected chi connectivity index (χ3v) is 5.49. The van der Waals surface area contributed by atoms with Gasteiger partial charge in [0.15, 0.2) is 15.7 Å². The van der Waals surface area contributed by atoms with Gasteiger partial charge in [0.1, 0.15) is 17.5 Å². The lowest BCUT2D eigenvalue weighted by Gasteiger charge is -2.27. The fraction of sp³-hybridized carbons (Fsp3) is 0.636. The fourth-order valence-corrected chi connectivity index (χ4v) is 4.18. The first-order chi connectivity index (χ1) is 9.50. The van der Waals surface area contributed by atoms with E-state index < -0.39 is 9.84 Å². The topological polar surface area (TPSA) is 126 Å². The molecule has 3 rings (SSSR count). The van der Waals surface area contributed by atoms with Gasteiger partial charge in [-0.3, -0.25) is 0 Å². The van der Waals surface area contributed by atoms with Crippen molar-refractivity contribution in [3.8, 4) is 6.07 Å². The largest absolute Gasteiger partial charge is 0.383 e. The first kappa shape index (κ1) is 13.2. The Kier molecular flexibility index (Phi) is 3.07. The van der Waals surface area contributed by atoms with Crippen LogP contribution in [0.15, 0.2) is 0 Å². The van der Waals surface area contributed by atoms with Crippen molar-refractivity contribution in [3.05, 3.63) is 5.56 Å². The quantitative estimate of drug-likeness (QED) is 0.658. The molecule has 2 aliphatic rings. The second-order valence-electron chi connectivity index (χ2n) is 5.22. The van der Waals surface area contributed by atoms with Gasteiger partial charge < -0.3 is 16.4 Å². The number of aromatic nitrogens is 2. The van der Waals surface area contributed by atoms with E-state index in [2.05, 4.69) is 15.7 Å². The zero-order valence-corrected chi connectivity index (χ0v) is 11.7. The van der Waals surface area contributed by atoms with E-state index in [0.29, 0.717) is 17.8 Å². The molecule has 4 N–H and O–H groups in total. The van der Waals surface area contributed by atoms with Crippen LogP contribution in [0.4, 0.5) is 11.6 Å². The highest BCUT2D eigenvalue weighted by molar-refractivity contribution is 7.91. The third kappa shape index (κ3) is 2.21. The lowest BCUT2D eigenvalue weighted by atomic mass is 10.2. The van der Waals surface area contributed by atoms with Crippen molar-refractivity contribution >= 4 is 21.5 Å². The smallest absolute Gasteiger partial charge is 0.168 e. The van der Waals surface area contributed by atoms with Crippen LogP contribution in [0.1, 0.15) is 18.0 Å². The van der Waals surface area contributed by atoms with Crippen LogP contribution in [0.5, 0.6) is 0 Å². The third-order valence-electron chi connectivity index (χ3n) is 3.74. The second-order valence-corrected chi connectivity index (χ2v) is 7.45. The molecule has 2 saturated heterocycles. The predicted octanol–water partition coefficient (Wildman–Crippen LogP) is -0.920. The molecule has 0 bridgehead atoms. The number of anilines is 2. The van der Waals surface area contributed by atoms with E-state index in [1.54, 1.807) is 0 Å². The molecule has 1 atom stereocenters. The molecule has 20 heavy (non-hydrogen) atoms. The molecule has 0 saturated carbocycles. The SMILES string of the molecule is N#Cc1c(NC2CNC2)nn(C2CCS(=O)(=O)C2)c1N. The van der Waals surface area contributed by atoms with Gasteiger partial charge in [0.2, 0.25) is 0 Å². The number of nitrogens with one attached hydrogen (secondary N) is 2. The van der Waals surface area contributed by atoms with E-state index in [1.165, 1.54) is 4.68 Å². The Balaban J connectivity index is 1.90. The Morgan fingerprint density at radius 3 is 2.75 bits per heavy atom. The second kappa shape index (κ2) is 4.64. The minimum atomic E-state index is -3.02. The molecule has 0 spiro atoms. The first-order valence-electron chi connectivity index (χ1n) is 6.46. The summed E-state index contributed by atoms with van der Waals surface area (Å²) in [5.41, 5.74) is 6.24. The van der Waals surface area contributed by atoms with E-state index >= 15 is 0 Å². The summed E-state index contributed by atoms with van der Waals surface area (Å²) in [7, 11) is -3.02. The Labute approximate surface area is 116 Å². The van der Waals surface area contributed by atoms with Crippen molar-refractivity contribution in [1.82, 2.24) is 15.1 Å². The number of nitrogen functional groups attached to an aromatic ring is 1. The zero-order chi connectivity index (χ0) is 14.3. The average molecular weight is 296 g/mol. The zero-order valence-electron chi connectivity index (χ0n) is 10.8. The maximum atomic E-state index is 11.5. The maximum Gasteiger partial charge on any atom is 0.168 e. The summed E-state index contributed by atoms with van der Waals surface area (Å²) < 4.78 is 24.6. The van der Waals surface area contributed by atoms with Gasteiger partial charge in [-0.25, -0.2) is 13.1 Å². The van der Waals surface area contributed by atoms with Gasteiger partial charge in [0.05, 0.1) is 23.6 Å². The molecule has 2 fully saturated rings. The predicted molar refractivity (Wildman–Crippen MR) is 73.9 cm³/mol. The van der Waals surface area contributed by atoms with E-state index in [-0.39, 0.29) is 29.4 Å². The lowest BCUT2D eigenvalue weighted by Crippen LogP contribution is -2.51. The van der Waals surface area contributed by atoms with Crippen molar-refractivity contribution in [1.29, 1.82) is 5.26 Å². The van der Waals surface area contributed by atoms with Crippen LogP contribution in [-0.2, 0) is 9.84 Å². The molecule has 1 unspecified atom stereocenters. The molecule has 1 aromatic heterocycles. The summed E-state index contributed by atoms with van der Waals surface area (Å²) in [6, 6.07) is 2.00. The summed E-state index contributed by atoms with van der Waals surface area (Å²) in [4.78, 5) is 0. The minimum Gasteiger partial charge on any atom is -0.383 e. The van der Waals surface area contributed by atoms with Crippen molar-refractivity contribution in [3.63, 3.8) is 0 Å². The Hall–Kier alpha value is -1.79. The molecule has 3 heterocycles. The summed E-state index contributed by atoms with van der Waals surface area (Å²) >= 11 is 0. The molecule has 0 aromatic carbocycles. The molecule has 108 valence electrons. The number of rotatable bonds is 3. The van der Waals surface area contributed by atoms with Gasteiger partial charge >= 0.3 is 0 Å². The van der Waals surface area contributed by atoms with Crippen LogP contribution in [0.25, 0.3) is 0 Å². The maximum absolute atomic E-state index is 11.5. The molecule has 8 nitrogen and oxygen atoms in total. The number of sulfone groups is 1. The first-order valence-corrected chi connectivity index (χ1v) is 8.28. The van der Waals surface area contributed by atoms with E-state index in [4.69, 9.17) is 5.73 Å². The van der Waals surface area contributed by atoms with E-state index in [0.717, 1.165) is 13.1 Å². The molecule has 0 aliphatic carbocycles. The van der Waals surface area contributed by atoms with Crippen LogP contribution in [0, 0.1) is 11.3 Å². The molecule has 0 amide bonds. The van der Waals surface area contributed by atoms with E-state index in [9.17, 15) is 13.7 Å². The number of nitrogens with zero attached hydrogens (tertiary/aromatic N) is 3. The van der Waals surface area contributed by atoms with Crippen LogP contribution in [-0.4, -0.2) is 48.8 Å².